The smallest absolute Gasteiger partial charge is 0.408 e. The largest absolute Gasteiger partial charge is 0.497 e. The molecule has 0 saturated heterocycles. The van der Waals surface area contributed by atoms with Crippen LogP contribution in [0.2, 0.25) is 0 Å². The summed E-state index contributed by atoms with van der Waals surface area (Å²) in [5, 5.41) is 5.37. The molecule has 0 aromatic heterocycles. The van der Waals surface area contributed by atoms with Crippen LogP contribution in [0.15, 0.2) is 48.5 Å². The van der Waals surface area contributed by atoms with E-state index in [1.165, 1.54) is 11.9 Å². The number of ether oxygens (including phenoxy) is 2. The highest BCUT2D eigenvalue weighted by molar-refractivity contribution is 5.99. The minimum absolute atomic E-state index is 0.0562. The third kappa shape index (κ3) is 9.10. The molecule has 2 aromatic rings. The topological polar surface area (TPSA) is 140 Å². The maximum absolute atomic E-state index is 13.6. The number of primary amides is 1. The molecule has 0 saturated carbocycles. The van der Waals surface area contributed by atoms with Crippen molar-refractivity contribution in [3.05, 3.63) is 59.7 Å². The molecule has 0 fully saturated rings. The van der Waals surface area contributed by atoms with Gasteiger partial charge in [-0.2, -0.15) is 0 Å². The molecule has 206 valence electrons. The van der Waals surface area contributed by atoms with Gasteiger partial charge in [0.05, 0.1) is 7.11 Å². The quantitative estimate of drug-likeness (QED) is 0.409. The Morgan fingerprint density at radius 2 is 1.61 bits per heavy atom. The molecule has 10 nitrogen and oxygen atoms in total. The number of benzene rings is 2. The second kappa shape index (κ2) is 13.5. The van der Waals surface area contributed by atoms with E-state index in [1.807, 2.05) is 19.1 Å². The van der Waals surface area contributed by atoms with Gasteiger partial charge >= 0.3 is 6.09 Å². The van der Waals surface area contributed by atoms with Crippen LogP contribution in [0.5, 0.6) is 5.75 Å². The molecule has 0 aliphatic rings. The van der Waals surface area contributed by atoms with Crippen LogP contribution in [0, 0.1) is 0 Å². The Bertz CT molecular complexity index is 1110. The van der Waals surface area contributed by atoms with Crippen molar-refractivity contribution in [1.82, 2.24) is 10.2 Å². The monoisotopic (exact) mass is 526 g/mol. The zero-order valence-electron chi connectivity index (χ0n) is 22.9. The number of carbonyl (C=O) groups is 4. The summed E-state index contributed by atoms with van der Waals surface area (Å²) in [5.74, 6) is -1.03. The van der Waals surface area contributed by atoms with Gasteiger partial charge in [-0.3, -0.25) is 14.4 Å². The summed E-state index contributed by atoms with van der Waals surface area (Å²) in [6, 6.07) is 12.0. The number of carbonyl (C=O) groups excluding carboxylic acids is 4. The van der Waals surface area contributed by atoms with E-state index >= 15 is 0 Å². The summed E-state index contributed by atoms with van der Waals surface area (Å²) in [6.45, 7) is 7.10. The first-order valence-electron chi connectivity index (χ1n) is 12.4. The Balaban J connectivity index is 2.38. The number of methoxy groups -OCH3 is 1. The summed E-state index contributed by atoms with van der Waals surface area (Å²) in [6.07, 6.45) is -0.208. The van der Waals surface area contributed by atoms with Crippen LogP contribution in [0.3, 0.4) is 0 Å². The van der Waals surface area contributed by atoms with Crippen LogP contribution in [-0.4, -0.2) is 54.5 Å². The summed E-state index contributed by atoms with van der Waals surface area (Å²) in [5.41, 5.74) is 6.67. The van der Waals surface area contributed by atoms with E-state index in [2.05, 4.69) is 10.6 Å². The number of nitrogens with one attached hydrogen (secondary N) is 2. The maximum Gasteiger partial charge on any atom is 0.408 e. The Morgan fingerprint density at radius 3 is 2.11 bits per heavy atom. The number of anilines is 1. The molecule has 0 aliphatic heterocycles. The van der Waals surface area contributed by atoms with E-state index < -0.39 is 41.5 Å². The van der Waals surface area contributed by atoms with Gasteiger partial charge in [-0.25, -0.2) is 4.79 Å². The molecule has 4 amide bonds. The second-order valence-corrected chi connectivity index (χ2v) is 9.87. The highest BCUT2D eigenvalue weighted by Crippen LogP contribution is 2.25. The number of rotatable bonds is 11. The van der Waals surface area contributed by atoms with Gasteiger partial charge in [0.15, 0.2) is 0 Å². The first kappa shape index (κ1) is 30.1. The zero-order chi connectivity index (χ0) is 28.5. The van der Waals surface area contributed by atoms with E-state index in [-0.39, 0.29) is 12.8 Å². The van der Waals surface area contributed by atoms with E-state index in [4.69, 9.17) is 15.2 Å². The third-order valence-corrected chi connectivity index (χ3v) is 5.71. The lowest BCUT2D eigenvalue weighted by Crippen LogP contribution is -2.51. The van der Waals surface area contributed by atoms with Gasteiger partial charge in [0.1, 0.15) is 23.4 Å². The Labute approximate surface area is 223 Å². The van der Waals surface area contributed by atoms with Gasteiger partial charge in [-0.15, -0.1) is 0 Å². The lowest BCUT2D eigenvalue weighted by Gasteiger charge is -2.31. The van der Waals surface area contributed by atoms with Gasteiger partial charge in [0, 0.05) is 19.2 Å². The number of aryl methyl sites for hydroxylation is 1. The first-order valence-corrected chi connectivity index (χ1v) is 12.4. The van der Waals surface area contributed by atoms with E-state index in [1.54, 1.807) is 64.3 Å². The van der Waals surface area contributed by atoms with Crippen LogP contribution in [-0.2, 0) is 25.5 Å². The SMILES string of the molecule is CCc1ccc(C(C(=O)Nc2ccc(OC)cc2)N(C)C(=O)C(CCC(N)=O)NC(=O)OC(C)(C)C)cc1. The normalized spacial score (nSPS) is 12.6. The number of likely N-dealkylation sites (N-methyl/N-ethyl adjacent to an activating group) is 1. The van der Waals surface area contributed by atoms with Gasteiger partial charge in [0.2, 0.25) is 11.8 Å². The minimum Gasteiger partial charge on any atom is -0.497 e. The van der Waals surface area contributed by atoms with Crippen molar-refractivity contribution in [2.24, 2.45) is 5.73 Å². The minimum atomic E-state index is -1.14. The van der Waals surface area contributed by atoms with Crippen molar-refractivity contribution in [2.75, 3.05) is 19.5 Å². The number of alkyl carbamates (subject to hydrolysis) is 1. The molecule has 2 rings (SSSR count). The van der Waals surface area contributed by atoms with Crippen molar-refractivity contribution in [3.8, 4) is 5.75 Å². The third-order valence-electron chi connectivity index (χ3n) is 5.71. The summed E-state index contributed by atoms with van der Waals surface area (Å²) in [4.78, 5) is 52.4. The molecule has 2 aromatic carbocycles. The number of nitrogens with zero attached hydrogens (tertiary/aromatic N) is 1. The van der Waals surface area contributed by atoms with Crippen LogP contribution in [0.1, 0.15) is 57.7 Å². The fourth-order valence-electron chi connectivity index (χ4n) is 3.74. The van der Waals surface area contributed by atoms with E-state index in [0.29, 0.717) is 17.0 Å². The molecule has 0 bridgehead atoms. The number of hydrogen-bond donors (Lipinski definition) is 3. The number of nitrogens with two attached hydrogens (primary N) is 1. The fourth-order valence-corrected chi connectivity index (χ4v) is 3.74. The van der Waals surface area contributed by atoms with Crippen molar-refractivity contribution >= 4 is 29.5 Å². The Hall–Kier alpha value is -4.08. The van der Waals surface area contributed by atoms with Gasteiger partial charge in [-0.1, -0.05) is 31.2 Å². The average Bonchev–Trinajstić information content (AvgIpc) is 2.85. The Kier molecular flexibility index (Phi) is 10.7. The Morgan fingerprint density at radius 1 is 1.00 bits per heavy atom. The summed E-state index contributed by atoms with van der Waals surface area (Å²) in [7, 11) is 3.02. The van der Waals surface area contributed by atoms with Crippen LogP contribution < -0.4 is 21.1 Å². The van der Waals surface area contributed by atoms with E-state index in [0.717, 1.165) is 12.0 Å². The van der Waals surface area contributed by atoms with Crippen molar-refractivity contribution < 1.29 is 28.7 Å². The standard InChI is InChI=1S/C28H38N4O6/c1-7-18-8-10-19(11-9-18)24(25(34)30-20-12-14-21(37-6)15-13-20)32(5)26(35)22(16-17-23(29)33)31-27(36)38-28(2,3)4/h8-15,22,24H,7,16-17H2,1-6H3,(H2,29,33)(H,30,34)(H,31,36). The highest BCUT2D eigenvalue weighted by atomic mass is 16.6. The lowest BCUT2D eigenvalue weighted by atomic mass is 10.0. The summed E-state index contributed by atoms with van der Waals surface area (Å²) >= 11 is 0. The van der Waals surface area contributed by atoms with E-state index in [9.17, 15) is 19.2 Å². The number of amides is 4. The first-order chi connectivity index (χ1) is 17.8. The predicted octanol–water partition coefficient (Wildman–Crippen LogP) is 3.55. The average molecular weight is 527 g/mol. The molecule has 2 unspecified atom stereocenters. The molecule has 38 heavy (non-hydrogen) atoms. The van der Waals surface area contributed by atoms with Gasteiger partial charge in [0.25, 0.3) is 5.91 Å². The van der Waals surface area contributed by atoms with Crippen LogP contribution in [0.25, 0.3) is 0 Å². The van der Waals surface area contributed by atoms with Gasteiger partial charge < -0.3 is 30.7 Å². The molecule has 10 heteroatoms. The summed E-state index contributed by atoms with van der Waals surface area (Å²) < 4.78 is 10.5. The molecular formula is C28H38N4O6. The van der Waals surface area contributed by atoms with Crippen LogP contribution in [0.4, 0.5) is 10.5 Å². The maximum atomic E-state index is 13.6. The van der Waals surface area contributed by atoms with Gasteiger partial charge in [-0.05, 0) is 69.0 Å². The fraction of sp³-hybridized carbons (Fsp3) is 0.429. The molecule has 0 aliphatic carbocycles. The molecular weight excluding hydrogens is 488 g/mol. The van der Waals surface area contributed by atoms with Crippen molar-refractivity contribution in [1.29, 1.82) is 0 Å². The van der Waals surface area contributed by atoms with Crippen molar-refractivity contribution in [2.45, 2.75) is 64.6 Å². The number of hydrogen-bond acceptors (Lipinski definition) is 6. The molecule has 0 radical (unpaired) electrons. The second-order valence-electron chi connectivity index (χ2n) is 9.87. The van der Waals surface area contributed by atoms with Crippen LogP contribution >= 0.6 is 0 Å². The lowest BCUT2D eigenvalue weighted by molar-refractivity contribution is -0.139. The molecule has 4 N–H and O–H groups in total. The zero-order valence-corrected chi connectivity index (χ0v) is 22.9. The molecule has 0 heterocycles. The predicted molar refractivity (Wildman–Crippen MR) is 145 cm³/mol. The molecule has 0 spiro atoms. The highest BCUT2D eigenvalue weighted by Gasteiger charge is 2.34. The molecule has 2 atom stereocenters. The van der Waals surface area contributed by atoms with Crippen molar-refractivity contribution in [3.63, 3.8) is 0 Å².